The molecule has 20 heavy (non-hydrogen) atoms. The quantitative estimate of drug-likeness (QED) is 0.887. The molecule has 0 unspecified atom stereocenters. The fraction of sp³-hybridized carbons (Fsp3) is 0.333. The molecule has 0 bridgehead atoms. The minimum atomic E-state index is 0.0723. The average molecular weight is 268 g/mol. The molecule has 0 heterocycles. The molecule has 1 N–H and O–H groups in total. The van der Waals surface area contributed by atoms with Crippen molar-refractivity contribution in [2.75, 3.05) is 0 Å². The highest BCUT2D eigenvalue weighted by molar-refractivity contribution is 5.29. The minimum Gasteiger partial charge on any atom is -0.489 e. The largest absolute Gasteiger partial charge is 0.489 e. The number of hydrogen-bond acceptors (Lipinski definition) is 2. The summed E-state index contributed by atoms with van der Waals surface area (Å²) in [6, 6.07) is 16.4. The van der Waals surface area contributed by atoms with E-state index in [-0.39, 0.29) is 6.61 Å². The van der Waals surface area contributed by atoms with E-state index in [2.05, 4.69) is 24.3 Å². The highest BCUT2D eigenvalue weighted by Crippen LogP contribution is 2.36. The molecule has 2 nitrogen and oxygen atoms in total. The molecule has 1 aliphatic carbocycles. The van der Waals surface area contributed by atoms with E-state index >= 15 is 0 Å². The molecule has 1 aliphatic rings. The van der Waals surface area contributed by atoms with Crippen LogP contribution in [0.2, 0.25) is 0 Å². The van der Waals surface area contributed by atoms with Gasteiger partial charge in [0, 0.05) is 0 Å². The predicted molar refractivity (Wildman–Crippen MR) is 79.7 cm³/mol. The van der Waals surface area contributed by atoms with E-state index in [4.69, 9.17) is 9.84 Å². The third kappa shape index (κ3) is 3.02. The van der Waals surface area contributed by atoms with Gasteiger partial charge in [-0.2, -0.15) is 0 Å². The summed E-state index contributed by atoms with van der Waals surface area (Å²) in [6.07, 6.45) is 4.06. The third-order valence-electron chi connectivity index (χ3n) is 4.07. The van der Waals surface area contributed by atoms with Crippen LogP contribution < -0.4 is 4.74 Å². The summed E-state index contributed by atoms with van der Waals surface area (Å²) in [5.41, 5.74) is 3.56. The van der Waals surface area contributed by atoms with Crippen molar-refractivity contribution in [1.82, 2.24) is 0 Å². The predicted octanol–water partition coefficient (Wildman–Crippen LogP) is 4.03. The van der Waals surface area contributed by atoms with Crippen molar-refractivity contribution in [1.29, 1.82) is 0 Å². The molecule has 0 saturated heterocycles. The van der Waals surface area contributed by atoms with Crippen LogP contribution in [0.25, 0.3) is 0 Å². The summed E-state index contributed by atoms with van der Waals surface area (Å²) in [6.45, 7) is 0.659. The van der Waals surface area contributed by atoms with Gasteiger partial charge in [-0.3, -0.25) is 0 Å². The first-order valence-electron chi connectivity index (χ1n) is 7.26. The normalized spacial score (nSPS) is 14.8. The van der Waals surface area contributed by atoms with Crippen molar-refractivity contribution in [3.63, 3.8) is 0 Å². The molecule has 2 heteroatoms. The molecule has 0 radical (unpaired) electrons. The molecule has 0 aromatic heterocycles. The number of benzene rings is 2. The van der Waals surface area contributed by atoms with Crippen LogP contribution in [0.5, 0.6) is 5.75 Å². The zero-order valence-corrected chi connectivity index (χ0v) is 11.6. The lowest BCUT2D eigenvalue weighted by molar-refractivity contribution is 0.280. The van der Waals surface area contributed by atoms with Gasteiger partial charge < -0.3 is 9.84 Å². The molecular weight excluding hydrogens is 248 g/mol. The molecule has 104 valence electrons. The maximum absolute atomic E-state index is 8.99. The Morgan fingerprint density at radius 2 is 1.55 bits per heavy atom. The van der Waals surface area contributed by atoms with Crippen molar-refractivity contribution in [2.24, 2.45) is 0 Å². The molecule has 0 aliphatic heterocycles. The Kier molecular flexibility index (Phi) is 4.03. The SMILES string of the molecule is OCc1ccc(OCc2ccc(C3CCC3)cc2)cc1. The molecule has 2 aromatic carbocycles. The fourth-order valence-corrected chi connectivity index (χ4v) is 2.49. The number of rotatable bonds is 5. The third-order valence-corrected chi connectivity index (χ3v) is 4.07. The Hall–Kier alpha value is -1.80. The van der Waals surface area contributed by atoms with E-state index in [0.29, 0.717) is 6.61 Å². The van der Waals surface area contributed by atoms with Crippen molar-refractivity contribution < 1.29 is 9.84 Å². The van der Waals surface area contributed by atoms with Crippen LogP contribution in [0.1, 0.15) is 41.9 Å². The standard InChI is InChI=1S/C18H20O2/c19-12-14-6-10-18(11-7-14)20-13-15-4-8-17(9-5-15)16-2-1-3-16/h4-11,16,19H,1-3,12-13H2. The minimum absolute atomic E-state index is 0.0723. The summed E-state index contributed by atoms with van der Waals surface area (Å²) < 4.78 is 5.75. The van der Waals surface area contributed by atoms with Crippen LogP contribution in [-0.2, 0) is 13.2 Å². The molecule has 0 atom stereocenters. The van der Waals surface area contributed by atoms with Crippen molar-refractivity contribution in [3.8, 4) is 5.75 Å². The number of aliphatic hydroxyl groups is 1. The van der Waals surface area contributed by atoms with E-state index in [9.17, 15) is 0 Å². The van der Waals surface area contributed by atoms with Crippen molar-refractivity contribution >= 4 is 0 Å². The van der Waals surface area contributed by atoms with Gasteiger partial charge >= 0.3 is 0 Å². The molecule has 0 spiro atoms. The van der Waals surface area contributed by atoms with Gasteiger partial charge in [0.05, 0.1) is 6.61 Å². The summed E-state index contributed by atoms with van der Waals surface area (Å²) in [4.78, 5) is 0. The van der Waals surface area contributed by atoms with Crippen LogP contribution in [0, 0.1) is 0 Å². The monoisotopic (exact) mass is 268 g/mol. The van der Waals surface area contributed by atoms with Gasteiger partial charge in [-0.05, 0) is 47.6 Å². The van der Waals surface area contributed by atoms with Crippen LogP contribution in [0.4, 0.5) is 0 Å². The summed E-state index contributed by atoms with van der Waals surface area (Å²) in [5, 5.41) is 8.99. The second kappa shape index (κ2) is 6.10. The van der Waals surface area contributed by atoms with E-state index in [0.717, 1.165) is 17.2 Å². The number of hydrogen-bond donors (Lipinski definition) is 1. The molecule has 1 fully saturated rings. The summed E-state index contributed by atoms with van der Waals surface area (Å²) in [7, 11) is 0. The Morgan fingerprint density at radius 3 is 2.10 bits per heavy atom. The first-order valence-corrected chi connectivity index (χ1v) is 7.26. The van der Waals surface area contributed by atoms with Gasteiger partial charge in [0.25, 0.3) is 0 Å². The lowest BCUT2D eigenvalue weighted by Crippen LogP contribution is -2.08. The number of ether oxygens (including phenoxy) is 1. The van der Waals surface area contributed by atoms with E-state index in [1.54, 1.807) is 0 Å². The van der Waals surface area contributed by atoms with Gasteiger partial charge in [-0.25, -0.2) is 0 Å². The summed E-state index contributed by atoms with van der Waals surface area (Å²) >= 11 is 0. The van der Waals surface area contributed by atoms with Crippen LogP contribution in [0.15, 0.2) is 48.5 Å². The van der Waals surface area contributed by atoms with Gasteiger partial charge in [-0.15, -0.1) is 0 Å². The highest BCUT2D eigenvalue weighted by atomic mass is 16.5. The Bertz CT molecular complexity index is 539. The maximum atomic E-state index is 8.99. The van der Waals surface area contributed by atoms with Crippen LogP contribution in [0.3, 0.4) is 0 Å². The van der Waals surface area contributed by atoms with E-state index < -0.39 is 0 Å². The molecule has 0 amide bonds. The second-order valence-electron chi connectivity index (χ2n) is 5.46. The molecular formula is C18H20O2. The molecule has 3 rings (SSSR count). The van der Waals surface area contributed by atoms with E-state index in [1.165, 1.54) is 30.4 Å². The average Bonchev–Trinajstić information content (AvgIpc) is 2.45. The van der Waals surface area contributed by atoms with Gasteiger partial charge in [0.1, 0.15) is 12.4 Å². The van der Waals surface area contributed by atoms with Gasteiger partial charge in [-0.1, -0.05) is 42.8 Å². The van der Waals surface area contributed by atoms with Crippen LogP contribution >= 0.6 is 0 Å². The lowest BCUT2D eigenvalue weighted by Gasteiger charge is -2.25. The maximum Gasteiger partial charge on any atom is 0.119 e. The van der Waals surface area contributed by atoms with Crippen molar-refractivity contribution in [3.05, 3.63) is 65.2 Å². The van der Waals surface area contributed by atoms with Crippen molar-refractivity contribution in [2.45, 2.75) is 38.4 Å². The number of aliphatic hydroxyl groups excluding tert-OH is 1. The summed E-state index contributed by atoms with van der Waals surface area (Å²) in [5.74, 6) is 1.63. The Morgan fingerprint density at radius 1 is 0.900 bits per heavy atom. The zero-order chi connectivity index (χ0) is 13.8. The topological polar surface area (TPSA) is 29.5 Å². The van der Waals surface area contributed by atoms with Crippen LogP contribution in [-0.4, -0.2) is 5.11 Å². The first kappa shape index (κ1) is 13.2. The molecule has 1 saturated carbocycles. The second-order valence-corrected chi connectivity index (χ2v) is 5.46. The van der Waals surface area contributed by atoms with E-state index in [1.807, 2.05) is 24.3 Å². The molecule has 2 aromatic rings. The Balaban J connectivity index is 1.56. The zero-order valence-electron chi connectivity index (χ0n) is 11.6. The first-order chi connectivity index (χ1) is 9.85. The Labute approximate surface area is 120 Å². The highest BCUT2D eigenvalue weighted by Gasteiger charge is 2.18. The lowest BCUT2D eigenvalue weighted by atomic mass is 9.80. The van der Waals surface area contributed by atoms with Gasteiger partial charge in [0.2, 0.25) is 0 Å². The smallest absolute Gasteiger partial charge is 0.119 e. The van der Waals surface area contributed by atoms with Gasteiger partial charge in [0.15, 0.2) is 0 Å². The fourth-order valence-electron chi connectivity index (χ4n) is 2.49.